The second-order valence-electron chi connectivity index (χ2n) is 6.06. The molecule has 7 nitrogen and oxygen atoms in total. The molecule has 0 unspecified atom stereocenters. The second-order valence-corrected chi connectivity index (χ2v) is 7.26. The number of rotatable bonds is 6. The van der Waals surface area contributed by atoms with Gasteiger partial charge in [-0.1, -0.05) is 0 Å². The number of hydrogen-bond donors (Lipinski definition) is 1. The van der Waals surface area contributed by atoms with E-state index in [9.17, 15) is 4.79 Å². The topological polar surface area (TPSA) is 80.2 Å². The molecule has 3 rings (SSSR count). The Hall–Kier alpha value is -2.22. The van der Waals surface area contributed by atoms with Crippen LogP contribution in [0.25, 0.3) is 0 Å². The number of ether oxygens (including phenoxy) is 1. The monoisotopic (exact) mass is 361 g/mol. The Balaban J connectivity index is 1.52. The van der Waals surface area contributed by atoms with E-state index in [-0.39, 0.29) is 5.91 Å². The van der Waals surface area contributed by atoms with Crippen LogP contribution < -0.4 is 15.0 Å². The summed E-state index contributed by atoms with van der Waals surface area (Å²) in [5, 5.41) is 3.75. The normalized spacial score (nSPS) is 14.0. The van der Waals surface area contributed by atoms with E-state index in [0.717, 1.165) is 29.6 Å². The van der Waals surface area contributed by atoms with Gasteiger partial charge in [-0.25, -0.2) is 9.97 Å². The Labute approximate surface area is 151 Å². The van der Waals surface area contributed by atoms with Crippen molar-refractivity contribution in [1.82, 2.24) is 20.3 Å². The maximum absolute atomic E-state index is 12.1. The highest BCUT2D eigenvalue weighted by Crippen LogP contribution is 2.21. The molecule has 0 bridgehead atoms. The Morgan fingerprint density at radius 1 is 1.24 bits per heavy atom. The first-order valence-electron chi connectivity index (χ1n) is 8.48. The molecule has 2 aromatic heterocycles. The average molecular weight is 361 g/mol. The molecular formula is C17H23N5O2S. The van der Waals surface area contributed by atoms with E-state index in [2.05, 4.69) is 25.2 Å². The summed E-state index contributed by atoms with van der Waals surface area (Å²) in [4.78, 5) is 28.1. The third-order valence-corrected chi connectivity index (χ3v) is 5.05. The maximum Gasteiger partial charge on any atom is 0.263 e. The van der Waals surface area contributed by atoms with Crippen LogP contribution in [0.1, 0.15) is 39.0 Å². The lowest BCUT2D eigenvalue weighted by Crippen LogP contribution is -2.28. The summed E-state index contributed by atoms with van der Waals surface area (Å²) in [6.07, 6.45) is 2.39. The van der Waals surface area contributed by atoms with Gasteiger partial charge in [0.2, 0.25) is 5.88 Å². The largest absolute Gasteiger partial charge is 0.476 e. The molecule has 0 aliphatic carbocycles. The molecule has 1 fully saturated rings. The average Bonchev–Trinajstić information content (AvgIpc) is 3.20. The van der Waals surface area contributed by atoms with Gasteiger partial charge in [0, 0.05) is 19.2 Å². The minimum atomic E-state index is -0.108. The molecule has 1 aliphatic rings. The van der Waals surface area contributed by atoms with Crippen LogP contribution in [-0.4, -0.2) is 47.1 Å². The molecule has 0 radical (unpaired) electrons. The van der Waals surface area contributed by atoms with Crippen LogP contribution in [0, 0.1) is 20.8 Å². The highest BCUT2D eigenvalue weighted by molar-refractivity contribution is 7.13. The number of nitrogens with one attached hydrogen (secondary N) is 1. The number of thiazole rings is 1. The van der Waals surface area contributed by atoms with E-state index >= 15 is 0 Å². The molecule has 0 atom stereocenters. The molecule has 0 spiro atoms. The first-order chi connectivity index (χ1) is 12.0. The molecule has 0 saturated carbocycles. The van der Waals surface area contributed by atoms with Crippen LogP contribution in [0.5, 0.6) is 5.88 Å². The van der Waals surface area contributed by atoms with Crippen molar-refractivity contribution in [3.05, 3.63) is 27.5 Å². The van der Waals surface area contributed by atoms with Gasteiger partial charge in [-0.3, -0.25) is 4.79 Å². The number of aryl methyl sites for hydroxylation is 3. The van der Waals surface area contributed by atoms with Crippen molar-refractivity contribution in [3.8, 4) is 5.88 Å². The molecule has 25 heavy (non-hydrogen) atoms. The van der Waals surface area contributed by atoms with E-state index in [1.165, 1.54) is 24.2 Å². The number of aromatic nitrogens is 3. The first kappa shape index (κ1) is 17.6. The van der Waals surface area contributed by atoms with Crippen molar-refractivity contribution >= 4 is 23.1 Å². The van der Waals surface area contributed by atoms with Gasteiger partial charge in [0.05, 0.1) is 17.2 Å². The smallest absolute Gasteiger partial charge is 0.263 e. The molecule has 8 heteroatoms. The summed E-state index contributed by atoms with van der Waals surface area (Å²) >= 11 is 1.40. The summed E-state index contributed by atoms with van der Waals surface area (Å²) in [6.45, 7) is 8.43. The summed E-state index contributed by atoms with van der Waals surface area (Å²) < 4.78 is 5.70. The van der Waals surface area contributed by atoms with Gasteiger partial charge >= 0.3 is 0 Å². The Morgan fingerprint density at radius 2 is 2.00 bits per heavy atom. The predicted molar refractivity (Wildman–Crippen MR) is 97.6 cm³/mol. The quantitative estimate of drug-likeness (QED) is 0.795. The molecule has 1 aliphatic heterocycles. The van der Waals surface area contributed by atoms with E-state index in [1.54, 1.807) is 0 Å². The highest BCUT2D eigenvalue weighted by Gasteiger charge is 2.16. The van der Waals surface area contributed by atoms with E-state index < -0.39 is 0 Å². The van der Waals surface area contributed by atoms with Crippen molar-refractivity contribution in [1.29, 1.82) is 0 Å². The fourth-order valence-electron chi connectivity index (χ4n) is 2.85. The summed E-state index contributed by atoms with van der Waals surface area (Å²) in [6, 6.07) is 1.87. The molecular weight excluding hydrogens is 338 g/mol. The molecule has 0 aromatic carbocycles. The molecule has 3 heterocycles. The first-order valence-corrected chi connectivity index (χ1v) is 9.30. The van der Waals surface area contributed by atoms with Gasteiger partial charge in [-0.05, 0) is 33.6 Å². The van der Waals surface area contributed by atoms with Crippen LogP contribution in [0.4, 0.5) is 5.82 Å². The summed E-state index contributed by atoms with van der Waals surface area (Å²) in [5.41, 5.74) is 0.766. The van der Waals surface area contributed by atoms with Crippen molar-refractivity contribution in [2.45, 2.75) is 33.6 Å². The van der Waals surface area contributed by atoms with Gasteiger partial charge in [0.1, 0.15) is 23.1 Å². The number of carbonyl (C=O) groups is 1. The van der Waals surface area contributed by atoms with Crippen molar-refractivity contribution in [2.75, 3.05) is 31.1 Å². The lowest BCUT2D eigenvalue weighted by Gasteiger charge is -2.17. The lowest BCUT2D eigenvalue weighted by atomic mass is 10.4. The number of anilines is 1. The molecule has 1 amide bonds. The van der Waals surface area contributed by atoms with E-state index in [1.807, 2.05) is 26.8 Å². The maximum atomic E-state index is 12.1. The van der Waals surface area contributed by atoms with Crippen LogP contribution >= 0.6 is 11.3 Å². The third-order valence-electron chi connectivity index (χ3n) is 3.98. The number of carbonyl (C=O) groups excluding carboxylic acids is 1. The molecule has 2 aromatic rings. The van der Waals surface area contributed by atoms with E-state index in [4.69, 9.17) is 4.74 Å². The van der Waals surface area contributed by atoms with Gasteiger partial charge in [-0.15, -0.1) is 11.3 Å². The Bertz CT molecular complexity index is 755. The molecule has 1 saturated heterocycles. The van der Waals surface area contributed by atoms with Crippen LogP contribution in [0.2, 0.25) is 0 Å². The third kappa shape index (κ3) is 4.45. The minimum absolute atomic E-state index is 0.108. The summed E-state index contributed by atoms with van der Waals surface area (Å²) in [7, 11) is 0. The van der Waals surface area contributed by atoms with Gasteiger partial charge in [0.15, 0.2) is 0 Å². The molecule has 134 valence electrons. The van der Waals surface area contributed by atoms with Crippen LogP contribution in [0.3, 0.4) is 0 Å². The van der Waals surface area contributed by atoms with Gasteiger partial charge < -0.3 is 15.0 Å². The zero-order chi connectivity index (χ0) is 17.8. The zero-order valence-corrected chi connectivity index (χ0v) is 15.7. The standard InChI is InChI=1S/C17H23N5O2S/c1-11-16(25-13(3)19-11)17(23)18-6-9-24-15-10-14(20-12(2)21-15)22-7-4-5-8-22/h10H,4-9H2,1-3H3,(H,18,23). The van der Waals surface area contributed by atoms with Crippen LogP contribution in [-0.2, 0) is 0 Å². The van der Waals surface area contributed by atoms with Crippen molar-refractivity contribution in [2.24, 2.45) is 0 Å². The molecule has 1 N–H and O–H groups in total. The predicted octanol–water partition coefficient (Wildman–Crippen LogP) is 2.27. The Morgan fingerprint density at radius 3 is 2.68 bits per heavy atom. The van der Waals surface area contributed by atoms with Crippen LogP contribution in [0.15, 0.2) is 6.07 Å². The number of hydrogen-bond acceptors (Lipinski definition) is 7. The number of nitrogens with zero attached hydrogens (tertiary/aromatic N) is 4. The van der Waals surface area contributed by atoms with Gasteiger partial charge in [0.25, 0.3) is 5.91 Å². The minimum Gasteiger partial charge on any atom is -0.476 e. The summed E-state index contributed by atoms with van der Waals surface area (Å²) in [5.74, 6) is 2.05. The lowest BCUT2D eigenvalue weighted by molar-refractivity contribution is 0.0950. The fraction of sp³-hybridized carbons (Fsp3) is 0.529. The van der Waals surface area contributed by atoms with Gasteiger partial charge in [-0.2, -0.15) is 4.98 Å². The highest BCUT2D eigenvalue weighted by atomic mass is 32.1. The van der Waals surface area contributed by atoms with Crippen molar-refractivity contribution in [3.63, 3.8) is 0 Å². The second kappa shape index (κ2) is 7.77. The van der Waals surface area contributed by atoms with E-state index in [0.29, 0.717) is 29.7 Å². The van der Waals surface area contributed by atoms with Crippen molar-refractivity contribution < 1.29 is 9.53 Å². The fourth-order valence-corrected chi connectivity index (χ4v) is 3.69. The zero-order valence-electron chi connectivity index (χ0n) is 14.8. The Kier molecular flexibility index (Phi) is 5.47. The SMILES string of the molecule is Cc1nc(OCCNC(=O)c2sc(C)nc2C)cc(N2CCCC2)n1. The number of amides is 1.